The Kier molecular flexibility index (Phi) is 7.53. The fourth-order valence-corrected chi connectivity index (χ4v) is 3.80. The van der Waals surface area contributed by atoms with E-state index < -0.39 is 0 Å². The molecule has 6 heteroatoms. The maximum atomic E-state index is 12.4. The second kappa shape index (κ2) is 10.1. The van der Waals surface area contributed by atoms with Crippen molar-refractivity contribution in [2.45, 2.75) is 6.61 Å². The summed E-state index contributed by atoms with van der Waals surface area (Å²) in [4.78, 5) is 12.4. The van der Waals surface area contributed by atoms with Crippen LogP contribution in [0.25, 0.3) is 6.08 Å². The Labute approximate surface area is 191 Å². The van der Waals surface area contributed by atoms with Gasteiger partial charge in [-0.3, -0.25) is 4.79 Å². The van der Waals surface area contributed by atoms with Gasteiger partial charge in [-0.05, 0) is 54.1 Å². The van der Waals surface area contributed by atoms with Crippen molar-refractivity contribution >= 4 is 55.3 Å². The molecule has 0 unspecified atom stereocenters. The predicted molar refractivity (Wildman–Crippen MR) is 124 cm³/mol. The number of halogens is 3. The zero-order valence-corrected chi connectivity index (χ0v) is 19.4. The molecule has 0 spiro atoms. The maximum absolute atomic E-state index is 12.4. The summed E-state index contributed by atoms with van der Waals surface area (Å²) in [5, 5.41) is 0.522. The second-order valence-corrected chi connectivity index (χ2v) is 8.38. The molecule has 0 aliphatic heterocycles. The van der Waals surface area contributed by atoms with E-state index >= 15 is 0 Å². The third-order valence-electron chi connectivity index (χ3n) is 4.12. The van der Waals surface area contributed by atoms with Crippen LogP contribution in [0.2, 0.25) is 5.02 Å². The highest BCUT2D eigenvalue weighted by molar-refractivity contribution is 9.10. The monoisotopic (exact) mass is 534 g/mol. The topological polar surface area (TPSA) is 35.5 Å². The van der Waals surface area contributed by atoms with E-state index in [9.17, 15) is 4.79 Å². The standard InChI is InChI=1S/C23H17Br2ClO3/c1-28-22-9-6-15(5-8-21(27)16-3-2-4-18(24)12-16)11-17(22)14-29-23-10-7-19(25)13-20(23)26/h2-13H,14H2,1H3/b8-5+. The van der Waals surface area contributed by atoms with Gasteiger partial charge in [0.05, 0.1) is 12.1 Å². The van der Waals surface area contributed by atoms with Gasteiger partial charge in [0.1, 0.15) is 18.1 Å². The smallest absolute Gasteiger partial charge is 0.185 e. The van der Waals surface area contributed by atoms with Crippen LogP contribution in [0, 0.1) is 0 Å². The third kappa shape index (κ3) is 5.95. The van der Waals surface area contributed by atoms with Crippen LogP contribution in [0.3, 0.4) is 0 Å². The number of benzene rings is 3. The SMILES string of the molecule is COc1ccc(/C=C/C(=O)c2cccc(Br)c2)cc1COc1ccc(Br)cc1Cl. The number of carbonyl (C=O) groups is 1. The van der Waals surface area contributed by atoms with Gasteiger partial charge in [0.2, 0.25) is 0 Å². The zero-order chi connectivity index (χ0) is 20.8. The molecule has 0 amide bonds. The van der Waals surface area contributed by atoms with Crippen molar-refractivity contribution in [3.8, 4) is 11.5 Å². The fourth-order valence-electron chi connectivity index (χ4n) is 2.67. The number of carbonyl (C=O) groups excluding carboxylic acids is 1. The van der Waals surface area contributed by atoms with Crippen LogP contribution < -0.4 is 9.47 Å². The Hall–Kier alpha value is -2.08. The Morgan fingerprint density at radius 2 is 1.76 bits per heavy atom. The molecule has 0 radical (unpaired) electrons. The van der Waals surface area contributed by atoms with E-state index in [0.717, 1.165) is 20.1 Å². The summed E-state index contributed by atoms with van der Waals surface area (Å²) in [6.45, 7) is 0.284. The first-order valence-electron chi connectivity index (χ1n) is 8.69. The second-order valence-electron chi connectivity index (χ2n) is 6.14. The lowest BCUT2D eigenvalue weighted by Crippen LogP contribution is -2.00. The third-order valence-corrected chi connectivity index (χ3v) is 5.40. The van der Waals surface area contributed by atoms with Crippen molar-refractivity contribution in [1.82, 2.24) is 0 Å². The normalized spacial score (nSPS) is 10.9. The summed E-state index contributed by atoms with van der Waals surface area (Å²) in [5.41, 5.74) is 2.34. The number of allylic oxidation sites excluding steroid dienone is 1. The summed E-state index contributed by atoms with van der Waals surface area (Å²) >= 11 is 13.0. The van der Waals surface area contributed by atoms with Gasteiger partial charge in [-0.2, -0.15) is 0 Å². The van der Waals surface area contributed by atoms with Crippen molar-refractivity contribution in [3.05, 3.63) is 97.4 Å². The molecule has 29 heavy (non-hydrogen) atoms. The first kappa shape index (κ1) is 21.6. The number of hydrogen-bond acceptors (Lipinski definition) is 3. The first-order valence-corrected chi connectivity index (χ1v) is 10.7. The van der Waals surface area contributed by atoms with Crippen molar-refractivity contribution in [1.29, 1.82) is 0 Å². The first-order chi connectivity index (χ1) is 14.0. The molecule has 0 aliphatic rings. The average molecular weight is 537 g/mol. The molecule has 3 aromatic rings. The van der Waals surface area contributed by atoms with Gasteiger partial charge in [-0.25, -0.2) is 0 Å². The van der Waals surface area contributed by atoms with E-state index in [1.54, 1.807) is 43.5 Å². The van der Waals surface area contributed by atoms with Gasteiger partial charge >= 0.3 is 0 Å². The molecular weight excluding hydrogens is 520 g/mol. The van der Waals surface area contributed by atoms with E-state index in [2.05, 4.69) is 31.9 Å². The molecule has 3 rings (SSSR count). The summed E-state index contributed by atoms with van der Waals surface area (Å²) in [5.74, 6) is 1.22. The van der Waals surface area contributed by atoms with Crippen LogP contribution in [0.5, 0.6) is 11.5 Å². The molecule has 3 nitrogen and oxygen atoms in total. The summed E-state index contributed by atoms with van der Waals surface area (Å²) in [7, 11) is 1.61. The largest absolute Gasteiger partial charge is 0.496 e. The van der Waals surface area contributed by atoms with Crippen molar-refractivity contribution in [3.63, 3.8) is 0 Å². The van der Waals surface area contributed by atoms with Crippen LogP contribution in [0.1, 0.15) is 21.5 Å². The molecule has 0 bridgehead atoms. The van der Waals surface area contributed by atoms with Crippen molar-refractivity contribution < 1.29 is 14.3 Å². The van der Waals surface area contributed by atoms with Crippen LogP contribution >= 0.6 is 43.5 Å². The lowest BCUT2D eigenvalue weighted by atomic mass is 10.1. The summed E-state index contributed by atoms with van der Waals surface area (Å²) in [6, 6.07) is 18.4. The molecule has 148 valence electrons. The van der Waals surface area contributed by atoms with E-state index in [-0.39, 0.29) is 12.4 Å². The molecule has 0 atom stereocenters. The summed E-state index contributed by atoms with van der Waals surface area (Å²) < 4.78 is 13.0. The Bertz CT molecular complexity index is 1060. The Balaban J connectivity index is 1.76. The molecule has 0 saturated heterocycles. The van der Waals surface area contributed by atoms with Gasteiger partial charge in [0, 0.05) is 20.1 Å². The molecule has 3 aromatic carbocycles. The van der Waals surface area contributed by atoms with E-state index in [1.165, 1.54) is 0 Å². The molecule has 0 aliphatic carbocycles. The Morgan fingerprint density at radius 1 is 1.00 bits per heavy atom. The minimum Gasteiger partial charge on any atom is -0.496 e. The Morgan fingerprint density at radius 3 is 2.48 bits per heavy atom. The lowest BCUT2D eigenvalue weighted by Gasteiger charge is -2.12. The molecular formula is C23H17Br2ClO3. The number of hydrogen-bond donors (Lipinski definition) is 0. The van der Waals surface area contributed by atoms with Crippen molar-refractivity contribution in [2.75, 3.05) is 7.11 Å². The van der Waals surface area contributed by atoms with Gasteiger partial charge in [-0.15, -0.1) is 0 Å². The fraction of sp³-hybridized carbons (Fsp3) is 0.0870. The molecule has 0 saturated carbocycles. The maximum Gasteiger partial charge on any atom is 0.185 e. The zero-order valence-electron chi connectivity index (χ0n) is 15.5. The average Bonchev–Trinajstić information content (AvgIpc) is 2.71. The number of ether oxygens (including phenoxy) is 2. The quantitative estimate of drug-likeness (QED) is 0.234. The molecule has 0 heterocycles. The van der Waals surface area contributed by atoms with Gasteiger partial charge in [-0.1, -0.05) is 67.7 Å². The predicted octanol–water partition coefficient (Wildman–Crippen LogP) is 7.35. The number of methoxy groups -OCH3 is 1. The van der Waals surface area contributed by atoms with Gasteiger partial charge < -0.3 is 9.47 Å². The molecule has 0 aromatic heterocycles. The van der Waals surface area contributed by atoms with Crippen LogP contribution in [0.15, 0.2) is 75.7 Å². The lowest BCUT2D eigenvalue weighted by molar-refractivity contribution is 0.104. The molecule has 0 fully saturated rings. The minimum atomic E-state index is -0.0680. The van der Waals surface area contributed by atoms with Gasteiger partial charge in [0.25, 0.3) is 0 Å². The highest BCUT2D eigenvalue weighted by Crippen LogP contribution is 2.30. The van der Waals surface area contributed by atoms with E-state index in [0.29, 0.717) is 22.1 Å². The van der Waals surface area contributed by atoms with Crippen LogP contribution in [-0.4, -0.2) is 12.9 Å². The highest BCUT2D eigenvalue weighted by atomic mass is 79.9. The minimum absolute atomic E-state index is 0.0680. The molecule has 0 N–H and O–H groups in total. The van der Waals surface area contributed by atoms with Crippen molar-refractivity contribution in [2.24, 2.45) is 0 Å². The van der Waals surface area contributed by atoms with E-state index in [1.807, 2.05) is 36.4 Å². The highest BCUT2D eigenvalue weighted by Gasteiger charge is 2.08. The number of ketones is 1. The summed E-state index contributed by atoms with van der Waals surface area (Å²) in [6.07, 6.45) is 3.33. The van der Waals surface area contributed by atoms with Gasteiger partial charge in [0.15, 0.2) is 5.78 Å². The van der Waals surface area contributed by atoms with E-state index in [4.69, 9.17) is 21.1 Å². The van der Waals surface area contributed by atoms with Crippen LogP contribution in [0.4, 0.5) is 0 Å². The number of rotatable bonds is 7. The van der Waals surface area contributed by atoms with Crippen LogP contribution in [-0.2, 0) is 6.61 Å².